The third kappa shape index (κ3) is 6.32. The van der Waals surface area contributed by atoms with Crippen LogP contribution in [-0.4, -0.2) is 42.5 Å². The van der Waals surface area contributed by atoms with Gasteiger partial charge in [-0.1, -0.05) is 11.6 Å². The standard InChI is InChI=1S/C22H26ClN3O5/c1-30-20-12-17(14-24-9-3-11-25-10-2-4-22(25)27)19(23)13-21(20)31-15-16-5-7-18(8-6-16)26(28)29/h5-8,12-13,24H,2-4,9-11,14-15H2,1H3. The summed E-state index contributed by atoms with van der Waals surface area (Å²) in [6.45, 7) is 3.23. The molecular weight excluding hydrogens is 422 g/mol. The molecule has 1 aliphatic rings. The maximum atomic E-state index is 11.6. The molecule has 166 valence electrons. The second-order valence-electron chi connectivity index (χ2n) is 7.32. The van der Waals surface area contributed by atoms with E-state index < -0.39 is 4.92 Å². The van der Waals surface area contributed by atoms with Crippen molar-refractivity contribution in [1.29, 1.82) is 0 Å². The predicted octanol–water partition coefficient (Wildman–Crippen LogP) is 3.94. The van der Waals surface area contributed by atoms with Gasteiger partial charge in [0.1, 0.15) is 6.61 Å². The molecule has 0 unspecified atom stereocenters. The van der Waals surface area contributed by atoms with E-state index in [1.807, 2.05) is 11.0 Å². The fraction of sp³-hybridized carbons (Fsp3) is 0.409. The largest absolute Gasteiger partial charge is 0.493 e. The summed E-state index contributed by atoms with van der Waals surface area (Å²) in [7, 11) is 1.56. The first-order valence-corrected chi connectivity index (χ1v) is 10.6. The van der Waals surface area contributed by atoms with Gasteiger partial charge in [0, 0.05) is 49.3 Å². The van der Waals surface area contributed by atoms with E-state index in [1.54, 1.807) is 25.3 Å². The number of non-ortho nitro benzene ring substituents is 1. The molecule has 0 saturated carbocycles. The van der Waals surface area contributed by atoms with E-state index in [2.05, 4.69) is 5.32 Å². The number of nitro groups is 1. The highest BCUT2D eigenvalue weighted by Crippen LogP contribution is 2.34. The fourth-order valence-corrected chi connectivity index (χ4v) is 3.64. The summed E-state index contributed by atoms with van der Waals surface area (Å²) in [6.07, 6.45) is 2.51. The number of methoxy groups -OCH3 is 1. The number of hydrogen-bond donors (Lipinski definition) is 1. The zero-order chi connectivity index (χ0) is 22.2. The summed E-state index contributed by atoms with van der Waals surface area (Å²) >= 11 is 6.43. The molecule has 0 radical (unpaired) electrons. The van der Waals surface area contributed by atoms with Crippen LogP contribution in [0.25, 0.3) is 0 Å². The highest BCUT2D eigenvalue weighted by atomic mass is 35.5. The number of carbonyl (C=O) groups excluding carboxylic acids is 1. The zero-order valence-electron chi connectivity index (χ0n) is 17.4. The maximum absolute atomic E-state index is 11.6. The Kier molecular flexibility index (Phi) is 8.08. The number of likely N-dealkylation sites (tertiary alicyclic amines) is 1. The van der Waals surface area contributed by atoms with Crippen LogP contribution in [0.1, 0.15) is 30.4 Å². The Balaban J connectivity index is 1.51. The van der Waals surface area contributed by atoms with Crippen molar-refractivity contribution in [3.8, 4) is 11.5 Å². The van der Waals surface area contributed by atoms with Crippen LogP contribution in [0.5, 0.6) is 11.5 Å². The minimum Gasteiger partial charge on any atom is -0.493 e. The second-order valence-corrected chi connectivity index (χ2v) is 7.73. The van der Waals surface area contributed by atoms with Crippen LogP contribution in [0, 0.1) is 10.1 Å². The third-order valence-corrected chi connectivity index (χ3v) is 5.49. The molecule has 31 heavy (non-hydrogen) atoms. The number of ether oxygens (including phenoxy) is 2. The number of benzene rings is 2. The van der Waals surface area contributed by atoms with Crippen molar-refractivity contribution in [3.05, 3.63) is 62.7 Å². The molecule has 2 aromatic rings. The topological polar surface area (TPSA) is 93.9 Å². The van der Waals surface area contributed by atoms with Crippen molar-refractivity contribution in [2.24, 2.45) is 0 Å². The van der Waals surface area contributed by atoms with E-state index in [0.29, 0.717) is 29.5 Å². The lowest BCUT2D eigenvalue weighted by Gasteiger charge is -2.16. The monoisotopic (exact) mass is 447 g/mol. The molecule has 2 aromatic carbocycles. The van der Waals surface area contributed by atoms with Gasteiger partial charge < -0.3 is 19.7 Å². The average molecular weight is 448 g/mol. The molecule has 1 aliphatic heterocycles. The summed E-state index contributed by atoms with van der Waals surface area (Å²) in [6, 6.07) is 9.74. The highest BCUT2D eigenvalue weighted by Gasteiger charge is 2.19. The average Bonchev–Trinajstić information content (AvgIpc) is 3.18. The van der Waals surface area contributed by atoms with Crippen LogP contribution in [0.3, 0.4) is 0 Å². The minimum absolute atomic E-state index is 0.0354. The molecule has 1 N–H and O–H groups in total. The first kappa shape index (κ1) is 22.8. The maximum Gasteiger partial charge on any atom is 0.269 e. The van der Waals surface area contributed by atoms with Crippen LogP contribution >= 0.6 is 11.6 Å². The Hall–Kier alpha value is -2.84. The van der Waals surface area contributed by atoms with Gasteiger partial charge >= 0.3 is 0 Å². The van der Waals surface area contributed by atoms with Gasteiger partial charge in [-0.3, -0.25) is 14.9 Å². The lowest BCUT2D eigenvalue weighted by atomic mass is 10.2. The van der Waals surface area contributed by atoms with E-state index in [-0.39, 0.29) is 18.2 Å². The molecule has 0 aliphatic carbocycles. The molecule has 1 amide bonds. The predicted molar refractivity (Wildman–Crippen MR) is 118 cm³/mol. The first-order chi connectivity index (χ1) is 15.0. The summed E-state index contributed by atoms with van der Waals surface area (Å²) < 4.78 is 11.3. The van der Waals surface area contributed by atoms with Crippen LogP contribution in [0.2, 0.25) is 5.02 Å². The Morgan fingerprint density at radius 2 is 2.00 bits per heavy atom. The van der Waals surface area contributed by atoms with Crippen LogP contribution in [-0.2, 0) is 17.9 Å². The van der Waals surface area contributed by atoms with Crippen molar-refractivity contribution >= 4 is 23.2 Å². The molecule has 0 aromatic heterocycles. The van der Waals surface area contributed by atoms with E-state index in [0.717, 1.165) is 43.6 Å². The van der Waals surface area contributed by atoms with Crippen LogP contribution in [0.4, 0.5) is 5.69 Å². The molecule has 0 bridgehead atoms. The number of halogens is 1. The number of nitro benzene ring substituents is 1. The van der Waals surface area contributed by atoms with Crippen molar-refractivity contribution in [1.82, 2.24) is 10.2 Å². The van der Waals surface area contributed by atoms with Crippen LogP contribution in [0.15, 0.2) is 36.4 Å². The van der Waals surface area contributed by atoms with Crippen LogP contribution < -0.4 is 14.8 Å². The summed E-state index contributed by atoms with van der Waals surface area (Å²) in [5.74, 6) is 1.31. The Morgan fingerprint density at radius 1 is 1.23 bits per heavy atom. The minimum atomic E-state index is -0.438. The van der Waals surface area contributed by atoms with E-state index in [1.165, 1.54) is 12.1 Å². The molecule has 3 rings (SSSR count). The molecule has 1 fully saturated rings. The van der Waals surface area contributed by atoms with Crippen molar-refractivity contribution < 1.29 is 19.2 Å². The van der Waals surface area contributed by atoms with E-state index in [9.17, 15) is 14.9 Å². The number of nitrogens with zero attached hydrogens (tertiary/aromatic N) is 2. The lowest BCUT2D eigenvalue weighted by Crippen LogP contribution is -2.28. The SMILES string of the molecule is COc1cc(CNCCCN2CCCC2=O)c(Cl)cc1OCc1ccc([N+](=O)[O-])cc1. The first-order valence-electron chi connectivity index (χ1n) is 10.2. The molecule has 0 spiro atoms. The van der Waals surface area contributed by atoms with Gasteiger partial charge in [-0.25, -0.2) is 0 Å². The van der Waals surface area contributed by atoms with Gasteiger partial charge in [0.05, 0.1) is 12.0 Å². The second kappa shape index (κ2) is 11.0. The molecule has 0 atom stereocenters. The number of hydrogen-bond acceptors (Lipinski definition) is 6. The Bertz CT molecular complexity index is 920. The summed E-state index contributed by atoms with van der Waals surface area (Å²) in [5.41, 5.74) is 1.72. The third-order valence-electron chi connectivity index (χ3n) is 5.14. The summed E-state index contributed by atoms with van der Waals surface area (Å²) in [4.78, 5) is 23.9. The quantitative estimate of drug-likeness (QED) is 0.318. The van der Waals surface area contributed by atoms with Gasteiger partial charge in [0.15, 0.2) is 11.5 Å². The number of rotatable bonds is 11. The van der Waals surface area contributed by atoms with Crippen molar-refractivity contribution in [2.75, 3.05) is 26.7 Å². The normalized spacial score (nSPS) is 13.5. The highest BCUT2D eigenvalue weighted by molar-refractivity contribution is 6.31. The molecule has 1 heterocycles. The van der Waals surface area contributed by atoms with Crippen molar-refractivity contribution in [2.45, 2.75) is 32.4 Å². The Morgan fingerprint density at radius 3 is 2.65 bits per heavy atom. The number of amides is 1. The van der Waals surface area contributed by atoms with Gasteiger partial charge in [0.25, 0.3) is 5.69 Å². The van der Waals surface area contributed by atoms with Gasteiger partial charge in [0.2, 0.25) is 5.91 Å². The zero-order valence-corrected chi connectivity index (χ0v) is 18.2. The smallest absolute Gasteiger partial charge is 0.269 e. The van der Waals surface area contributed by atoms with Gasteiger partial charge in [-0.15, -0.1) is 0 Å². The van der Waals surface area contributed by atoms with Crippen molar-refractivity contribution in [3.63, 3.8) is 0 Å². The van der Waals surface area contributed by atoms with Gasteiger partial charge in [-0.05, 0) is 48.7 Å². The van der Waals surface area contributed by atoms with E-state index >= 15 is 0 Å². The molecule has 9 heteroatoms. The molecular formula is C22H26ClN3O5. The number of carbonyl (C=O) groups is 1. The summed E-state index contributed by atoms with van der Waals surface area (Å²) in [5, 5.41) is 14.7. The van der Waals surface area contributed by atoms with Gasteiger partial charge in [-0.2, -0.15) is 0 Å². The van der Waals surface area contributed by atoms with E-state index in [4.69, 9.17) is 21.1 Å². The molecule has 8 nitrogen and oxygen atoms in total. The Labute approximate surface area is 186 Å². The lowest BCUT2D eigenvalue weighted by molar-refractivity contribution is -0.384. The number of nitrogens with one attached hydrogen (secondary N) is 1. The molecule has 1 saturated heterocycles. The fourth-order valence-electron chi connectivity index (χ4n) is 3.42.